The Morgan fingerprint density at radius 3 is 2.91 bits per heavy atom. The van der Waals surface area contributed by atoms with E-state index in [4.69, 9.17) is 9.84 Å². The van der Waals surface area contributed by atoms with Crippen LogP contribution in [0.3, 0.4) is 0 Å². The van der Waals surface area contributed by atoms with Crippen LogP contribution in [0.2, 0.25) is 0 Å². The summed E-state index contributed by atoms with van der Waals surface area (Å²) in [5.41, 5.74) is 0.366. The molecule has 0 aromatic carbocycles. The van der Waals surface area contributed by atoms with Crippen LogP contribution in [0.4, 0.5) is 0 Å². The molecule has 1 atom stereocenters. The summed E-state index contributed by atoms with van der Waals surface area (Å²) in [5.74, 6) is -0.863. The van der Waals surface area contributed by atoms with Crippen LogP contribution < -0.4 is 0 Å². The first-order valence-corrected chi connectivity index (χ1v) is 3.55. The minimum atomic E-state index is -0.863. The first-order chi connectivity index (χ1) is 5.20. The molecule has 3 heteroatoms. The molecule has 1 radical (unpaired) electrons. The largest absolute Gasteiger partial charge is 0.478 e. The van der Waals surface area contributed by atoms with Gasteiger partial charge in [-0.25, -0.2) is 4.79 Å². The minimum absolute atomic E-state index is 0.341. The molecule has 1 heterocycles. The molecule has 1 aliphatic rings. The summed E-state index contributed by atoms with van der Waals surface area (Å²) in [6.07, 6.45) is 4.61. The number of rotatable bonds is 4. The van der Waals surface area contributed by atoms with E-state index in [9.17, 15) is 4.79 Å². The Bertz CT molecular complexity index is 180. The molecular weight excluding hydrogens is 144 g/mol. The Morgan fingerprint density at radius 2 is 2.45 bits per heavy atom. The van der Waals surface area contributed by atoms with E-state index < -0.39 is 5.97 Å². The Morgan fingerprint density at radius 1 is 1.82 bits per heavy atom. The summed E-state index contributed by atoms with van der Waals surface area (Å²) in [6.45, 7) is 2.39. The molecule has 11 heavy (non-hydrogen) atoms. The minimum Gasteiger partial charge on any atom is -0.478 e. The molecule has 0 bridgehead atoms. The van der Waals surface area contributed by atoms with Crippen molar-refractivity contribution in [1.82, 2.24) is 0 Å². The van der Waals surface area contributed by atoms with Gasteiger partial charge in [-0.2, -0.15) is 0 Å². The number of carbonyl (C=O) groups is 1. The average Bonchev–Trinajstić information content (AvgIpc) is 2.71. The normalized spacial score (nSPS) is 23.4. The number of hydrogen-bond acceptors (Lipinski definition) is 2. The highest BCUT2D eigenvalue weighted by molar-refractivity contribution is 5.85. The Labute approximate surface area is 65.7 Å². The molecule has 1 unspecified atom stereocenters. The van der Waals surface area contributed by atoms with Gasteiger partial charge in [0.1, 0.15) is 0 Å². The molecule has 0 aromatic heterocycles. The maximum atomic E-state index is 10.3. The maximum Gasteiger partial charge on any atom is 0.330 e. The summed E-state index contributed by atoms with van der Waals surface area (Å²) in [4.78, 5) is 10.3. The number of hydrogen-bond donors (Lipinski definition) is 1. The van der Waals surface area contributed by atoms with Gasteiger partial charge in [-0.05, 0) is 19.8 Å². The molecule has 0 aromatic rings. The predicted octanol–water partition coefficient (Wildman–Crippen LogP) is 1.01. The van der Waals surface area contributed by atoms with E-state index in [1.54, 1.807) is 13.0 Å². The molecule has 0 saturated carbocycles. The van der Waals surface area contributed by atoms with Gasteiger partial charge in [0.15, 0.2) is 0 Å². The molecular formula is C8H11O3. The standard InChI is InChI=1S/C8H11O3/c1-6(8(9)10)3-2-4-7-5-11-7/h2-3,7H,4-5H2,1H3,(H,9,10). The van der Waals surface area contributed by atoms with Crippen molar-refractivity contribution in [3.8, 4) is 0 Å². The molecule has 1 aliphatic heterocycles. The highest BCUT2D eigenvalue weighted by Gasteiger charge is 2.20. The lowest BCUT2D eigenvalue weighted by atomic mass is 10.2. The number of carboxylic acid groups (broad SMARTS) is 1. The molecule has 1 saturated heterocycles. The van der Waals surface area contributed by atoms with Crippen LogP contribution in [0.25, 0.3) is 0 Å². The first-order valence-electron chi connectivity index (χ1n) is 3.55. The van der Waals surface area contributed by atoms with Crippen molar-refractivity contribution < 1.29 is 14.6 Å². The van der Waals surface area contributed by atoms with Crippen LogP contribution in [0.15, 0.2) is 11.6 Å². The molecule has 0 amide bonds. The monoisotopic (exact) mass is 155 g/mol. The number of ether oxygens (including phenoxy) is 1. The van der Waals surface area contributed by atoms with Gasteiger partial charge < -0.3 is 9.84 Å². The van der Waals surface area contributed by atoms with Gasteiger partial charge in [0.25, 0.3) is 0 Å². The van der Waals surface area contributed by atoms with Crippen LogP contribution in [-0.2, 0) is 9.53 Å². The van der Waals surface area contributed by atoms with Crippen LogP contribution in [0.1, 0.15) is 13.3 Å². The number of epoxide rings is 1. The third kappa shape index (κ3) is 3.18. The van der Waals surface area contributed by atoms with E-state index >= 15 is 0 Å². The Hall–Kier alpha value is -0.830. The topological polar surface area (TPSA) is 49.8 Å². The molecule has 1 fully saturated rings. The summed E-state index contributed by atoms with van der Waals surface area (Å²) in [6, 6.07) is 0. The van der Waals surface area contributed by atoms with Crippen molar-refractivity contribution in [3.05, 3.63) is 18.1 Å². The highest BCUT2D eigenvalue weighted by atomic mass is 16.6. The number of allylic oxidation sites excluding steroid dienone is 1. The lowest BCUT2D eigenvalue weighted by molar-refractivity contribution is -0.132. The van der Waals surface area contributed by atoms with Gasteiger partial charge >= 0.3 is 5.97 Å². The van der Waals surface area contributed by atoms with Crippen LogP contribution in [0, 0.1) is 6.42 Å². The predicted molar refractivity (Wildman–Crippen MR) is 40.0 cm³/mol. The highest BCUT2D eigenvalue weighted by Crippen LogP contribution is 2.15. The van der Waals surface area contributed by atoms with E-state index in [0.717, 1.165) is 13.0 Å². The van der Waals surface area contributed by atoms with Gasteiger partial charge in [0, 0.05) is 5.57 Å². The SMILES string of the molecule is CC(=C[CH]CC1CO1)C(=O)O. The van der Waals surface area contributed by atoms with Crippen LogP contribution in [-0.4, -0.2) is 23.8 Å². The maximum absolute atomic E-state index is 10.3. The van der Waals surface area contributed by atoms with Crippen LogP contribution in [0.5, 0.6) is 0 Å². The zero-order valence-corrected chi connectivity index (χ0v) is 6.41. The van der Waals surface area contributed by atoms with E-state index in [-0.39, 0.29) is 0 Å². The molecule has 61 valence electrons. The second-order valence-electron chi connectivity index (χ2n) is 2.58. The number of aliphatic carboxylic acids is 1. The van der Waals surface area contributed by atoms with Crippen molar-refractivity contribution in [1.29, 1.82) is 0 Å². The quantitative estimate of drug-likeness (QED) is 0.487. The average molecular weight is 155 g/mol. The van der Waals surface area contributed by atoms with Crippen molar-refractivity contribution in [3.63, 3.8) is 0 Å². The fourth-order valence-corrected chi connectivity index (χ4v) is 0.672. The van der Waals surface area contributed by atoms with E-state index in [0.29, 0.717) is 11.7 Å². The second kappa shape index (κ2) is 3.53. The summed E-state index contributed by atoms with van der Waals surface area (Å²) in [5, 5.41) is 8.44. The van der Waals surface area contributed by atoms with E-state index in [2.05, 4.69) is 0 Å². The van der Waals surface area contributed by atoms with Crippen molar-refractivity contribution in [2.75, 3.05) is 6.61 Å². The fraction of sp³-hybridized carbons (Fsp3) is 0.500. The van der Waals surface area contributed by atoms with Gasteiger partial charge in [0.2, 0.25) is 0 Å². The smallest absolute Gasteiger partial charge is 0.330 e. The molecule has 1 N–H and O–H groups in total. The van der Waals surface area contributed by atoms with Crippen molar-refractivity contribution >= 4 is 5.97 Å². The number of carboxylic acids is 1. The van der Waals surface area contributed by atoms with E-state index in [1.807, 2.05) is 6.42 Å². The molecule has 1 rings (SSSR count). The molecule has 3 nitrogen and oxygen atoms in total. The fourth-order valence-electron chi connectivity index (χ4n) is 0.672. The first kappa shape index (κ1) is 8.27. The van der Waals surface area contributed by atoms with Crippen molar-refractivity contribution in [2.45, 2.75) is 19.4 Å². The van der Waals surface area contributed by atoms with Crippen molar-refractivity contribution in [2.24, 2.45) is 0 Å². The zero-order valence-electron chi connectivity index (χ0n) is 6.41. The molecule has 0 spiro atoms. The van der Waals surface area contributed by atoms with Crippen LogP contribution >= 0.6 is 0 Å². The van der Waals surface area contributed by atoms with Gasteiger partial charge in [-0.1, -0.05) is 6.08 Å². The third-order valence-electron chi connectivity index (χ3n) is 1.51. The van der Waals surface area contributed by atoms with E-state index in [1.165, 1.54) is 0 Å². The Balaban J connectivity index is 2.15. The third-order valence-corrected chi connectivity index (χ3v) is 1.51. The zero-order chi connectivity index (χ0) is 8.27. The van der Waals surface area contributed by atoms with Gasteiger partial charge in [-0.15, -0.1) is 0 Å². The summed E-state index contributed by atoms with van der Waals surface area (Å²) >= 11 is 0. The second-order valence-corrected chi connectivity index (χ2v) is 2.58. The molecule has 0 aliphatic carbocycles. The lowest BCUT2D eigenvalue weighted by Crippen LogP contribution is -1.96. The summed E-state index contributed by atoms with van der Waals surface area (Å²) in [7, 11) is 0. The lowest BCUT2D eigenvalue weighted by Gasteiger charge is -1.91. The van der Waals surface area contributed by atoms with Gasteiger partial charge in [0.05, 0.1) is 12.7 Å². The summed E-state index contributed by atoms with van der Waals surface area (Å²) < 4.78 is 4.94. The Kier molecular flexibility index (Phi) is 2.65. The van der Waals surface area contributed by atoms with Gasteiger partial charge in [-0.3, -0.25) is 0 Å².